The van der Waals surface area contributed by atoms with Crippen molar-refractivity contribution in [2.75, 3.05) is 6.54 Å². The Balaban J connectivity index is 1.59. The molecule has 1 amide bonds. The quantitative estimate of drug-likeness (QED) is 0.390. The molecule has 0 aliphatic carbocycles. The number of nitrogens with one attached hydrogen (secondary N) is 1. The summed E-state index contributed by atoms with van der Waals surface area (Å²) in [4.78, 5) is 19.4. The van der Waals surface area contributed by atoms with Crippen molar-refractivity contribution in [3.63, 3.8) is 0 Å². The van der Waals surface area contributed by atoms with Crippen LogP contribution in [0.3, 0.4) is 0 Å². The van der Waals surface area contributed by atoms with Crippen molar-refractivity contribution in [3.8, 4) is 0 Å². The lowest BCUT2D eigenvalue weighted by atomic mass is 9.86. The van der Waals surface area contributed by atoms with Crippen LogP contribution in [0.4, 0.5) is 0 Å². The number of carbonyl (C=O) groups is 1. The van der Waals surface area contributed by atoms with Crippen LogP contribution < -0.4 is 0 Å². The number of benzene rings is 3. The minimum absolute atomic E-state index is 0.0659. The summed E-state index contributed by atoms with van der Waals surface area (Å²) in [5.74, 6) is 0.0836. The van der Waals surface area contributed by atoms with Crippen LogP contribution in [-0.2, 0) is 11.8 Å². The molecule has 32 heavy (non-hydrogen) atoms. The third-order valence-electron chi connectivity index (χ3n) is 6.69. The number of hydrogen-bond acceptors (Lipinski definition) is 1. The van der Waals surface area contributed by atoms with Crippen molar-refractivity contribution in [1.29, 1.82) is 0 Å². The lowest BCUT2D eigenvalue weighted by Gasteiger charge is -2.36. The summed E-state index contributed by atoms with van der Waals surface area (Å²) in [6.07, 6.45) is 0.855. The Labute approximate surface area is 190 Å². The van der Waals surface area contributed by atoms with Gasteiger partial charge in [0.25, 0.3) is 5.91 Å². The average molecular weight is 423 g/mol. The smallest absolute Gasteiger partial charge is 0.254 e. The minimum atomic E-state index is -0.124. The largest absolute Gasteiger partial charge is 0.356 e. The van der Waals surface area contributed by atoms with Gasteiger partial charge in [0.2, 0.25) is 0 Å². The second-order valence-corrected chi connectivity index (χ2v) is 9.95. The fourth-order valence-corrected chi connectivity index (χ4v) is 4.83. The molecule has 0 saturated carbocycles. The van der Waals surface area contributed by atoms with Crippen molar-refractivity contribution in [2.24, 2.45) is 0 Å². The number of carbonyl (C=O) groups excluding carboxylic acids is 1. The number of hydrogen-bond donors (Lipinski definition) is 1. The molecule has 2 heterocycles. The molecule has 3 aromatic carbocycles. The van der Waals surface area contributed by atoms with Gasteiger partial charge in [0, 0.05) is 28.7 Å². The molecule has 0 bridgehead atoms. The molecule has 162 valence electrons. The molecule has 1 unspecified atom stereocenters. The molecule has 0 spiro atoms. The Morgan fingerprint density at radius 1 is 0.938 bits per heavy atom. The first-order chi connectivity index (χ1) is 15.3. The zero-order valence-corrected chi connectivity index (χ0v) is 19.3. The summed E-state index contributed by atoms with van der Waals surface area (Å²) in [6, 6.07) is 25.0. The summed E-state index contributed by atoms with van der Waals surface area (Å²) < 4.78 is 0. The van der Waals surface area contributed by atoms with Crippen LogP contribution in [0.5, 0.6) is 0 Å². The molecule has 1 atom stereocenters. The Hall–Kier alpha value is -3.33. The lowest BCUT2D eigenvalue weighted by molar-refractivity contribution is 0.0692. The summed E-state index contributed by atoms with van der Waals surface area (Å²) in [5.41, 5.74) is 8.02. The number of fused-ring (bicyclic) bond motifs is 3. The Kier molecular flexibility index (Phi) is 4.93. The number of aryl methyl sites for hydroxylation is 1. The van der Waals surface area contributed by atoms with Crippen LogP contribution in [0.2, 0.25) is 0 Å². The average Bonchev–Trinajstić information content (AvgIpc) is 3.17. The monoisotopic (exact) mass is 422 g/mol. The molecule has 1 aliphatic heterocycles. The highest BCUT2D eigenvalue weighted by Crippen LogP contribution is 2.39. The number of H-pyrrole nitrogens is 1. The van der Waals surface area contributed by atoms with Crippen LogP contribution in [0, 0.1) is 6.92 Å². The van der Waals surface area contributed by atoms with Gasteiger partial charge in [0.1, 0.15) is 0 Å². The first-order valence-corrected chi connectivity index (χ1v) is 11.4. The molecule has 1 aromatic heterocycles. The predicted octanol–water partition coefficient (Wildman–Crippen LogP) is 6.56. The van der Waals surface area contributed by atoms with Gasteiger partial charge in [-0.15, -0.1) is 0 Å². The minimum Gasteiger partial charge on any atom is -0.356 e. The van der Waals surface area contributed by atoms with Gasteiger partial charge in [-0.25, -0.2) is 0 Å². The fourth-order valence-electron chi connectivity index (χ4n) is 4.83. The van der Waals surface area contributed by atoms with Crippen molar-refractivity contribution in [2.45, 2.75) is 45.6 Å². The van der Waals surface area contributed by atoms with Gasteiger partial charge in [0.05, 0.1) is 6.04 Å². The highest BCUT2D eigenvalue weighted by atomic mass is 16.2. The maximum absolute atomic E-state index is 13.7. The van der Waals surface area contributed by atoms with Gasteiger partial charge in [-0.1, -0.05) is 80.9 Å². The third-order valence-corrected chi connectivity index (χ3v) is 6.69. The van der Waals surface area contributed by atoms with Gasteiger partial charge in [-0.05, 0) is 53.6 Å². The van der Waals surface area contributed by atoms with E-state index in [-0.39, 0.29) is 17.4 Å². The maximum Gasteiger partial charge on any atom is 0.254 e. The Bertz CT molecular complexity index is 1270. The van der Waals surface area contributed by atoms with Crippen LogP contribution in [0.1, 0.15) is 65.1 Å². The van der Waals surface area contributed by atoms with E-state index >= 15 is 0 Å². The van der Waals surface area contributed by atoms with Crippen molar-refractivity contribution >= 4 is 16.8 Å². The van der Waals surface area contributed by atoms with Gasteiger partial charge in [-0.2, -0.15) is 0 Å². The Morgan fingerprint density at radius 3 is 2.31 bits per heavy atom. The van der Waals surface area contributed by atoms with Gasteiger partial charge < -0.3 is 9.88 Å². The SMILES string of the molecule is Cc1ccc(C2c3[nH]c4ccccc4c3CCN2C(=O)c2ccc(C(C)(C)C)cc2)cc1. The van der Waals surface area contributed by atoms with Crippen LogP contribution >= 0.6 is 0 Å². The topological polar surface area (TPSA) is 36.1 Å². The highest BCUT2D eigenvalue weighted by molar-refractivity contribution is 5.95. The summed E-state index contributed by atoms with van der Waals surface area (Å²) in [6.45, 7) is 9.38. The van der Waals surface area contributed by atoms with Gasteiger partial charge in [0.15, 0.2) is 0 Å². The standard InChI is InChI=1S/C29H30N2O/c1-19-9-11-20(12-10-19)27-26-24(23-7-5-6-8-25(23)30-26)17-18-31(27)28(32)21-13-15-22(16-14-21)29(2,3)4/h5-16,27,30H,17-18H2,1-4H3. The van der Waals surface area contributed by atoms with E-state index in [2.05, 4.69) is 93.3 Å². The summed E-state index contributed by atoms with van der Waals surface area (Å²) >= 11 is 0. The molecular weight excluding hydrogens is 392 g/mol. The molecule has 1 aliphatic rings. The molecule has 3 heteroatoms. The number of aromatic nitrogens is 1. The van der Waals surface area contributed by atoms with Crippen molar-refractivity contribution < 1.29 is 4.79 Å². The first kappa shape index (κ1) is 20.6. The van der Waals surface area contributed by atoms with E-state index in [1.165, 1.54) is 22.1 Å². The predicted molar refractivity (Wildman–Crippen MR) is 131 cm³/mol. The second-order valence-electron chi connectivity index (χ2n) is 9.95. The van der Waals surface area contributed by atoms with E-state index in [0.29, 0.717) is 6.54 Å². The summed E-state index contributed by atoms with van der Waals surface area (Å²) in [5, 5.41) is 1.27. The molecular formula is C29H30N2O. The normalized spacial score (nSPS) is 16.2. The van der Waals surface area contributed by atoms with Crippen LogP contribution in [0.25, 0.3) is 10.9 Å². The second kappa shape index (κ2) is 7.67. The van der Waals surface area contributed by atoms with E-state index in [9.17, 15) is 4.79 Å². The third kappa shape index (κ3) is 3.52. The van der Waals surface area contributed by atoms with Crippen LogP contribution in [-0.4, -0.2) is 22.3 Å². The Morgan fingerprint density at radius 2 is 1.62 bits per heavy atom. The maximum atomic E-state index is 13.7. The highest BCUT2D eigenvalue weighted by Gasteiger charge is 2.35. The zero-order chi connectivity index (χ0) is 22.5. The first-order valence-electron chi connectivity index (χ1n) is 11.4. The molecule has 0 radical (unpaired) electrons. The van der Waals surface area contributed by atoms with E-state index in [4.69, 9.17) is 0 Å². The number of amides is 1. The van der Waals surface area contributed by atoms with E-state index in [1.807, 2.05) is 17.0 Å². The molecule has 0 fully saturated rings. The van der Waals surface area contributed by atoms with E-state index in [1.54, 1.807) is 0 Å². The lowest BCUT2D eigenvalue weighted by Crippen LogP contribution is -2.40. The molecule has 0 saturated heterocycles. The van der Waals surface area contributed by atoms with E-state index < -0.39 is 0 Å². The number of para-hydroxylation sites is 1. The molecule has 1 N–H and O–H groups in total. The zero-order valence-electron chi connectivity index (χ0n) is 19.3. The van der Waals surface area contributed by atoms with E-state index in [0.717, 1.165) is 28.8 Å². The van der Waals surface area contributed by atoms with Crippen molar-refractivity contribution in [3.05, 3.63) is 106 Å². The van der Waals surface area contributed by atoms with Gasteiger partial charge in [-0.3, -0.25) is 4.79 Å². The fraction of sp³-hybridized carbons (Fsp3) is 0.276. The van der Waals surface area contributed by atoms with Gasteiger partial charge >= 0.3 is 0 Å². The van der Waals surface area contributed by atoms with Crippen LogP contribution in [0.15, 0.2) is 72.8 Å². The summed E-state index contributed by atoms with van der Waals surface area (Å²) in [7, 11) is 0. The number of nitrogens with zero attached hydrogens (tertiary/aromatic N) is 1. The molecule has 5 rings (SSSR count). The molecule has 3 nitrogen and oxygen atoms in total. The number of rotatable bonds is 2. The molecule has 4 aromatic rings. The number of aromatic amines is 1. The van der Waals surface area contributed by atoms with Crippen molar-refractivity contribution in [1.82, 2.24) is 9.88 Å².